The normalized spacial score (nSPS) is 23.2. The minimum Gasteiger partial charge on any atom is -0.314 e. The van der Waals surface area contributed by atoms with Crippen molar-refractivity contribution in [3.63, 3.8) is 0 Å². The van der Waals surface area contributed by atoms with E-state index in [-0.39, 0.29) is 0 Å². The number of nitrogens with one attached hydrogen (secondary N) is 2. The van der Waals surface area contributed by atoms with E-state index in [4.69, 9.17) is 0 Å². The molecule has 0 aromatic carbocycles. The second kappa shape index (κ2) is 8.12. The van der Waals surface area contributed by atoms with Gasteiger partial charge < -0.3 is 10.6 Å². The van der Waals surface area contributed by atoms with Crippen LogP contribution >= 0.6 is 0 Å². The molecule has 1 aliphatic heterocycles. The number of unbranched alkanes of at least 4 members (excludes halogenated alkanes) is 2. The highest BCUT2D eigenvalue weighted by atomic mass is 15.0. The molecule has 0 aromatic rings. The fourth-order valence-electron chi connectivity index (χ4n) is 2.31. The molecule has 2 atom stereocenters. The molecule has 2 unspecified atom stereocenters. The Hall–Kier alpha value is -0.0800. The molecule has 0 saturated carbocycles. The fraction of sp³-hybridized carbons (Fsp3) is 1.00. The average Bonchev–Trinajstić information content (AvgIpc) is 2.71. The molecule has 2 N–H and O–H groups in total. The molecule has 0 aliphatic carbocycles. The van der Waals surface area contributed by atoms with Gasteiger partial charge in [-0.05, 0) is 45.7 Å². The Labute approximate surface area is 95.2 Å². The molecule has 1 aliphatic rings. The molecule has 1 fully saturated rings. The number of hydrogen-bond donors (Lipinski definition) is 2. The van der Waals surface area contributed by atoms with Crippen LogP contribution in [0.3, 0.4) is 0 Å². The predicted octanol–water partition coefficient (Wildman–Crippen LogP) is 2.69. The van der Waals surface area contributed by atoms with E-state index in [0.29, 0.717) is 6.04 Å². The lowest BCUT2D eigenvalue weighted by molar-refractivity contribution is 0.453. The van der Waals surface area contributed by atoms with Crippen molar-refractivity contribution in [3.8, 4) is 0 Å². The minimum atomic E-state index is 0.706. The second-order valence-electron chi connectivity index (χ2n) is 4.93. The first kappa shape index (κ1) is 13.0. The van der Waals surface area contributed by atoms with Gasteiger partial charge in [-0.15, -0.1) is 0 Å². The van der Waals surface area contributed by atoms with Crippen molar-refractivity contribution in [3.05, 3.63) is 0 Å². The van der Waals surface area contributed by atoms with Crippen molar-refractivity contribution in [2.45, 2.75) is 70.9 Å². The third-order valence-corrected chi connectivity index (χ3v) is 3.39. The molecule has 2 heteroatoms. The van der Waals surface area contributed by atoms with Crippen LogP contribution in [0.2, 0.25) is 0 Å². The summed E-state index contributed by atoms with van der Waals surface area (Å²) in [6, 6.07) is 1.50. The molecule has 0 aromatic heterocycles. The average molecular weight is 212 g/mol. The Morgan fingerprint density at radius 3 is 2.93 bits per heavy atom. The maximum atomic E-state index is 3.63. The van der Waals surface area contributed by atoms with Crippen molar-refractivity contribution in [1.82, 2.24) is 10.6 Å². The highest BCUT2D eigenvalue weighted by Gasteiger charge is 2.13. The molecule has 1 rings (SSSR count). The molecular formula is C13H28N2. The van der Waals surface area contributed by atoms with Crippen molar-refractivity contribution >= 4 is 0 Å². The van der Waals surface area contributed by atoms with Gasteiger partial charge in [0.1, 0.15) is 0 Å². The minimum absolute atomic E-state index is 0.706. The van der Waals surface area contributed by atoms with Gasteiger partial charge in [0.25, 0.3) is 0 Å². The van der Waals surface area contributed by atoms with Crippen LogP contribution < -0.4 is 10.6 Å². The van der Waals surface area contributed by atoms with E-state index in [1.54, 1.807) is 0 Å². The molecule has 90 valence electrons. The van der Waals surface area contributed by atoms with Crippen LogP contribution in [0.1, 0.15) is 58.8 Å². The van der Waals surface area contributed by atoms with Gasteiger partial charge in [0.05, 0.1) is 0 Å². The van der Waals surface area contributed by atoms with Gasteiger partial charge in [-0.25, -0.2) is 0 Å². The first-order valence-electron chi connectivity index (χ1n) is 6.79. The molecule has 1 saturated heterocycles. The molecule has 1 heterocycles. The Balaban J connectivity index is 1.89. The molecule has 15 heavy (non-hydrogen) atoms. The third-order valence-electron chi connectivity index (χ3n) is 3.39. The standard InChI is InChI=1S/C13H28N2/c1-3-4-5-7-12(2)14-11-9-13-8-6-10-15-13/h12-15H,3-11H2,1-2H3. The molecule has 2 nitrogen and oxygen atoms in total. The molecule has 0 bridgehead atoms. The lowest BCUT2D eigenvalue weighted by atomic mass is 10.1. The third kappa shape index (κ3) is 6.16. The summed E-state index contributed by atoms with van der Waals surface area (Å²) in [4.78, 5) is 0. The monoisotopic (exact) mass is 212 g/mol. The molecule has 0 amide bonds. The van der Waals surface area contributed by atoms with Crippen LogP contribution in [-0.4, -0.2) is 25.2 Å². The van der Waals surface area contributed by atoms with Crippen molar-refractivity contribution in [2.24, 2.45) is 0 Å². The quantitative estimate of drug-likeness (QED) is 0.605. The highest BCUT2D eigenvalue weighted by molar-refractivity contribution is 4.75. The summed E-state index contributed by atoms with van der Waals surface area (Å²) in [6.45, 7) is 7.00. The lowest BCUT2D eigenvalue weighted by Gasteiger charge is -2.15. The zero-order valence-electron chi connectivity index (χ0n) is 10.5. The Morgan fingerprint density at radius 1 is 1.40 bits per heavy atom. The first-order chi connectivity index (χ1) is 7.33. The van der Waals surface area contributed by atoms with Gasteiger partial charge in [-0.3, -0.25) is 0 Å². The summed E-state index contributed by atoms with van der Waals surface area (Å²) in [5.74, 6) is 0. The van der Waals surface area contributed by atoms with E-state index in [2.05, 4.69) is 24.5 Å². The topological polar surface area (TPSA) is 24.1 Å². The highest BCUT2D eigenvalue weighted by Crippen LogP contribution is 2.08. The predicted molar refractivity (Wildman–Crippen MR) is 67.2 cm³/mol. The van der Waals surface area contributed by atoms with Crippen LogP contribution in [0, 0.1) is 0 Å². The van der Waals surface area contributed by atoms with Gasteiger partial charge >= 0.3 is 0 Å². The van der Waals surface area contributed by atoms with Gasteiger partial charge in [-0.2, -0.15) is 0 Å². The Kier molecular flexibility index (Phi) is 7.03. The van der Waals surface area contributed by atoms with Crippen LogP contribution in [0.25, 0.3) is 0 Å². The Morgan fingerprint density at radius 2 is 2.27 bits per heavy atom. The van der Waals surface area contributed by atoms with E-state index >= 15 is 0 Å². The van der Waals surface area contributed by atoms with E-state index in [9.17, 15) is 0 Å². The molecule has 0 radical (unpaired) electrons. The molecular weight excluding hydrogens is 184 g/mol. The maximum absolute atomic E-state index is 3.63. The molecule has 0 spiro atoms. The smallest absolute Gasteiger partial charge is 0.00796 e. The van der Waals surface area contributed by atoms with E-state index in [1.807, 2.05) is 0 Å². The summed E-state index contributed by atoms with van der Waals surface area (Å²) in [5, 5.41) is 7.17. The first-order valence-corrected chi connectivity index (χ1v) is 6.79. The van der Waals surface area contributed by atoms with Crippen LogP contribution in [-0.2, 0) is 0 Å². The largest absolute Gasteiger partial charge is 0.314 e. The Bertz CT molecular complexity index is 141. The fourth-order valence-corrected chi connectivity index (χ4v) is 2.31. The number of rotatable bonds is 8. The lowest BCUT2D eigenvalue weighted by Crippen LogP contribution is -2.31. The summed E-state index contributed by atoms with van der Waals surface area (Å²) in [7, 11) is 0. The zero-order chi connectivity index (χ0) is 10.9. The summed E-state index contributed by atoms with van der Waals surface area (Å²) >= 11 is 0. The van der Waals surface area contributed by atoms with Gasteiger partial charge in [-0.1, -0.05) is 26.2 Å². The van der Waals surface area contributed by atoms with E-state index in [0.717, 1.165) is 6.04 Å². The van der Waals surface area contributed by atoms with E-state index < -0.39 is 0 Å². The maximum Gasteiger partial charge on any atom is 0.00796 e. The van der Waals surface area contributed by atoms with E-state index in [1.165, 1.54) is 58.0 Å². The van der Waals surface area contributed by atoms with Crippen molar-refractivity contribution < 1.29 is 0 Å². The SMILES string of the molecule is CCCCCC(C)NCCC1CCCN1. The van der Waals surface area contributed by atoms with Crippen LogP contribution in [0.5, 0.6) is 0 Å². The van der Waals surface area contributed by atoms with Gasteiger partial charge in [0.2, 0.25) is 0 Å². The summed E-state index contributed by atoms with van der Waals surface area (Å²) in [6.07, 6.45) is 9.49. The summed E-state index contributed by atoms with van der Waals surface area (Å²) in [5.41, 5.74) is 0. The van der Waals surface area contributed by atoms with Crippen molar-refractivity contribution in [1.29, 1.82) is 0 Å². The van der Waals surface area contributed by atoms with Crippen molar-refractivity contribution in [2.75, 3.05) is 13.1 Å². The number of hydrogen-bond acceptors (Lipinski definition) is 2. The second-order valence-corrected chi connectivity index (χ2v) is 4.93. The van der Waals surface area contributed by atoms with Crippen LogP contribution in [0.4, 0.5) is 0 Å². The van der Waals surface area contributed by atoms with Gasteiger partial charge in [0, 0.05) is 12.1 Å². The summed E-state index contributed by atoms with van der Waals surface area (Å²) < 4.78 is 0. The van der Waals surface area contributed by atoms with Crippen LogP contribution in [0.15, 0.2) is 0 Å². The van der Waals surface area contributed by atoms with Gasteiger partial charge in [0.15, 0.2) is 0 Å². The zero-order valence-corrected chi connectivity index (χ0v) is 10.5.